The van der Waals surface area contributed by atoms with Crippen molar-refractivity contribution >= 4 is 34.8 Å². The summed E-state index contributed by atoms with van der Waals surface area (Å²) in [6.45, 7) is 1.42. The third-order valence-electron chi connectivity index (χ3n) is 1.98. The molecule has 1 aromatic carbocycles. The number of carbonyl (C=O) groups is 2. The van der Waals surface area contributed by atoms with E-state index >= 15 is 0 Å². The lowest BCUT2D eigenvalue weighted by atomic mass is 10.2. The maximum atomic E-state index is 11.7. The van der Waals surface area contributed by atoms with E-state index in [4.69, 9.17) is 12.2 Å². The minimum absolute atomic E-state index is 0.159. The first-order chi connectivity index (χ1) is 8.52. The van der Waals surface area contributed by atoms with E-state index in [0.717, 1.165) is 0 Å². The number of carbonyl (C=O) groups excluding carboxylic acids is 2. The fraction of sp³-hybridized carbons (Fsp3) is 0.182. The number of amides is 2. The minimum Gasteiger partial charge on any atom is -0.364 e. The zero-order chi connectivity index (χ0) is 13.5. The number of rotatable bonds is 2. The van der Waals surface area contributed by atoms with Gasteiger partial charge in [-0.25, -0.2) is 0 Å². The van der Waals surface area contributed by atoms with Gasteiger partial charge in [0.05, 0.1) is 0 Å². The van der Waals surface area contributed by atoms with E-state index in [1.165, 1.54) is 6.92 Å². The van der Waals surface area contributed by atoms with Crippen LogP contribution in [0.2, 0.25) is 0 Å². The number of anilines is 1. The molecule has 18 heavy (non-hydrogen) atoms. The summed E-state index contributed by atoms with van der Waals surface area (Å²) in [7, 11) is 1.64. The Labute approximate surface area is 110 Å². The lowest BCUT2D eigenvalue weighted by Gasteiger charge is -2.09. The van der Waals surface area contributed by atoms with Crippen LogP contribution in [0, 0.1) is 0 Å². The maximum absolute atomic E-state index is 11.7. The van der Waals surface area contributed by atoms with E-state index in [9.17, 15) is 9.59 Å². The number of hydrogen-bond acceptors (Lipinski definition) is 3. The van der Waals surface area contributed by atoms with Crippen molar-refractivity contribution in [2.45, 2.75) is 6.92 Å². The number of hydrazine groups is 1. The van der Waals surface area contributed by atoms with E-state index in [1.807, 2.05) is 0 Å². The lowest BCUT2D eigenvalue weighted by Crippen LogP contribution is -2.45. The Morgan fingerprint density at radius 1 is 1.11 bits per heavy atom. The Balaban J connectivity index is 2.59. The van der Waals surface area contributed by atoms with Crippen LogP contribution in [0.3, 0.4) is 0 Å². The van der Waals surface area contributed by atoms with Crippen LogP contribution in [0.1, 0.15) is 17.3 Å². The van der Waals surface area contributed by atoms with Crippen molar-refractivity contribution in [2.24, 2.45) is 0 Å². The zero-order valence-corrected chi connectivity index (χ0v) is 10.9. The number of nitrogens with one attached hydrogen (secondary N) is 4. The van der Waals surface area contributed by atoms with E-state index in [-0.39, 0.29) is 11.8 Å². The first kappa shape index (κ1) is 13.9. The Hall–Kier alpha value is -2.15. The highest BCUT2D eigenvalue weighted by molar-refractivity contribution is 7.80. The molecule has 0 aliphatic carbocycles. The summed E-state index contributed by atoms with van der Waals surface area (Å²) in [6.07, 6.45) is 0. The van der Waals surface area contributed by atoms with E-state index < -0.39 is 0 Å². The molecule has 0 heterocycles. The predicted molar refractivity (Wildman–Crippen MR) is 73.0 cm³/mol. The Morgan fingerprint density at radius 3 is 2.22 bits per heavy atom. The standard InChI is InChI=1S/C11H14N4O2S/c1-7(16)13-9-5-3-8(4-6-9)10(17)14-15-11(18)12-2/h3-6H,1-2H3,(H,13,16)(H,14,17)(H2,12,15,18). The van der Waals surface area contributed by atoms with Gasteiger partial charge in [-0.2, -0.15) is 0 Å². The van der Waals surface area contributed by atoms with Crippen LogP contribution < -0.4 is 21.5 Å². The average molecular weight is 266 g/mol. The van der Waals surface area contributed by atoms with Crippen molar-refractivity contribution in [1.29, 1.82) is 0 Å². The molecular weight excluding hydrogens is 252 g/mol. The Kier molecular flexibility index (Phi) is 5.06. The van der Waals surface area contributed by atoms with Gasteiger partial charge in [0.15, 0.2) is 5.11 Å². The van der Waals surface area contributed by atoms with Gasteiger partial charge in [0.25, 0.3) is 5.91 Å². The summed E-state index contributed by atoms with van der Waals surface area (Å²) in [4.78, 5) is 22.5. The highest BCUT2D eigenvalue weighted by Gasteiger charge is 2.05. The summed E-state index contributed by atoms with van der Waals surface area (Å²) in [5.74, 6) is -0.477. The second-order valence-electron chi connectivity index (χ2n) is 3.42. The predicted octanol–water partition coefficient (Wildman–Crippen LogP) is 0.384. The van der Waals surface area contributed by atoms with Crippen LogP contribution in [0.25, 0.3) is 0 Å². The van der Waals surface area contributed by atoms with Crippen LogP contribution >= 0.6 is 12.2 Å². The molecule has 0 saturated heterocycles. The number of hydrogen-bond donors (Lipinski definition) is 4. The Morgan fingerprint density at radius 2 is 1.72 bits per heavy atom. The largest absolute Gasteiger partial charge is 0.364 e. The number of benzene rings is 1. The molecule has 6 nitrogen and oxygen atoms in total. The molecule has 1 rings (SSSR count). The monoisotopic (exact) mass is 266 g/mol. The molecule has 0 aliphatic rings. The summed E-state index contributed by atoms with van der Waals surface area (Å²) < 4.78 is 0. The topological polar surface area (TPSA) is 82.3 Å². The maximum Gasteiger partial charge on any atom is 0.269 e. The van der Waals surface area contributed by atoms with Gasteiger partial charge < -0.3 is 10.6 Å². The molecule has 0 atom stereocenters. The summed E-state index contributed by atoms with van der Waals surface area (Å²) in [5, 5.41) is 5.59. The van der Waals surface area contributed by atoms with Crippen molar-refractivity contribution < 1.29 is 9.59 Å². The van der Waals surface area contributed by atoms with Gasteiger partial charge in [-0.3, -0.25) is 20.4 Å². The normalized spacial score (nSPS) is 9.22. The first-order valence-electron chi connectivity index (χ1n) is 5.18. The molecule has 0 bridgehead atoms. The molecule has 0 radical (unpaired) electrons. The van der Waals surface area contributed by atoms with Gasteiger partial charge in [-0.05, 0) is 36.5 Å². The van der Waals surface area contributed by atoms with Crippen molar-refractivity contribution in [3.05, 3.63) is 29.8 Å². The molecule has 0 aliphatic heterocycles. The fourth-order valence-corrected chi connectivity index (χ4v) is 1.21. The van der Waals surface area contributed by atoms with Crippen molar-refractivity contribution in [3.8, 4) is 0 Å². The molecule has 0 aromatic heterocycles. The van der Waals surface area contributed by atoms with Crippen LogP contribution in [-0.2, 0) is 4.79 Å². The van der Waals surface area contributed by atoms with Crippen LogP contribution in [-0.4, -0.2) is 24.0 Å². The molecule has 7 heteroatoms. The second-order valence-corrected chi connectivity index (χ2v) is 3.83. The molecular formula is C11H14N4O2S. The third-order valence-corrected chi connectivity index (χ3v) is 2.29. The van der Waals surface area contributed by atoms with Crippen LogP contribution in [0.15, 0.2) is 24.3 Å². The Bertz CT molecular complexity index is 459. The van der Waals surface area contributed by atoms with Gasteiger partial charge in [-0.1, -0.05) is 0 Å². The van der Waals surface area contributed by atoms with Gasteiger partial charge in [0.2, 0.25) is 5.91 Å². The molecule has 0 fully saturated rings. The molecule has 0 unspecified atom stereocenters. The van der Waals surface area contributed by atoms with E-state index in [2.05, 4.69) is 21.5 Å². The van der Waals surface area contributed by atoms with E-state index in [1.54, 1.807) is 31.3 Å². The van der Waals surface area contributed by atoms with E-state index in [0.29, 0.717) is 16.4 Å². The highest BCUT2D eigenvalue weighted by Crippen LogP contribution is 2.09. The van der Waals surface area contributed by atoms with Gasteiger partial charge in [0.1, 0.15) is 0 Å². The second kappa shape index (κ2) is 6.55. The van der Waals surface area contributed by atoms with Crippen molar-refractivity contribution in [2.75, 3.05) is 12.4 Å². The summed E-state index contributed by atoms with van der Waals surface area (Å²) in [6, 6.07) is 6.49. The molecule has 1 aromatic rings. The molecule has 96 valence electrons. The number of thiocarbonyl (C=S) groups is 1. The molecule has 2 amide bonds. The van der Waals surface area contributed by atoms with Crippen LogP contribution in [0.5, 0.6) is 0 Å². The lowest BCUT2D eigenvalue weighted by molar-refractivity contribution is -0.114. The van der Waals surface area contributed by atoms with Crippen LogP contribution in [0.4, 0.5) is 5.69 Å². The third kappa shape index (κ3) is 4.38. The van der Waals surface area contributed by atoms with Gasteiger partial charge in [0, 0.05) is 25.2 Å². The summed E-state index contributed by atoms with van der Waals surface area (Å²) in [5.41, 5.74) is 6.05. The zero-order valence-electron chi connectivity index (χ0n) is 10.0. The fourth-order valence-electron chi connectivity index (χ4n) is 1.16. The SMILES string of the molecule is CNC(=S)NNC(=O)c1ccc(NC(C)=O)cc1. The average Bonchev–Trinajstić information content (AvgIpc) is 2.35. The van der Waals surface area contributed by atoms with Crippen molar-refractivity contribution in [1.82, 2.24) is 16.2 Å². The minimum atomic E-state index is -0.318. The molecule has 0 saturated carbocycles. The summed E-state index contributed by atoms with van der Waals surface area (Å²) >= 11 is 4.81. The van der Waals surface area contributed by atoms with Gasteiger partial charge in [-0.15, -0.1) is 0 Å². The molecule has 4 N–H and O–H groups in total. The van der Waals surface area contributed by atoms with Crippen molar-refractivity contribution in [3.63, 3.8) is 0 Å². The first-order valence-corrected chi connectivity index (χ1v) is 5.59. The quantitative estimate of drug-likeness (QED) is 0.460. The van der Waals surface area contributed by atoms with Gasteiger partial charge >= 0.3 is 0 Å². The highest BCUT2D eigenvalue weighted by atomic mass is 32.1. The smallest absolute Gasteiger partial charge is 0.269 e. The molecule has 0 spiro atoms.